The SMILES string of the molecule is CCNc1nccc(N2CCc3ccc(Br)cc3C2)n1. The van der Waals surface area contributed by atoms with Crippen LogP contribution in [0.5, 0.6) is 0 Å². The van der Waals surface area contributed by atoms with E-state index in [1.807, 2.05) is 19.2 Å². The fourth-order valence-electron chi connectivity index (χ4n) is 2.49. The van der Waals surface area contributed by atoms with Gasteiger partial charge < -0.3 is 10.2 Å². The van der Waals surface area contributed by atoms with Crippen LogP contribution in [0.1, 0.15) is 18.1 Å². The maximum atomic E-state index is 4.57. The third-order valence-corrected chi connectivity index (χ3v) is 3.97. The molecule has 0 saturated heterocycles. The highest BCUT2D eigenvalue weighted by Gasteiger charge is 2.17. The fraction of sp³-hybridized carbons (Fsp3) is 0.333. The Labute approximate surface area is 127 Å². The van der Waals surface area contributed by atoms with E-state index >= 15 is 0 Å². The van der Waals surface area contributed by atoms with Crippen LogP contribution in [0.25, 0.3) is 0 Å². The number of anilines is 2. The zero-order valence-electron chi connectivity index (χ0n) is 11.4. The third-order valence-electron chi connectivity index (χ3n) is 3.48. The summed E-state index contributed by atoms with van der Waals surface area (Å²) in [5.41, 5.74) is 2.81. The molecule has 0 fully saturated rings. The van der Waals surface area contributed by atoms with Crippen molar-refractivity contribution in [3.8, 4) is 0 Å². The van der Waals surface area contributed by atoms with E-state index in [0.717, 1.165) is 36.3 Å². The predicted molar refractivity (Wildman–Crippen MR) is 85.1 cm³/mol. The number of fused-ring (bicyclic) bond motifs is 1. The largest absolute Gasteiger partial charge is 0.354 e. The van der Waals surface area contributed by atoms with Crippen molar-refractivity contribution in [2.45, 2.75) is 19.9 Å². The average Bonchev–Trinajstić information content (AvgIpc) is 2.47. The molecule has 1 N–H and O–H groups in total. The van der Waals surface area contributed by atoms with Gasteiger partial charge in [-0.3, -0.25) is 0 Å². The molecule has 0 atom stereocenters. The highest BCUT2D eigenvalue weighted by atomic mass is 79.9. The van der Waals surface area contributed by atoms with E-state index in [9.17, 15) is 0 Å². The second kappa shape index (κ2) is 5.79. The predicted octanol–water partition coefficient (Wildman–Crippen LogP) is 3.23. The lowest BCUT2D eigenvalue weighted by Crippen LogP contribution is -2.31. The van der Waals surface area contributed by atoms with Crippen molar-refractivity contribution >= 4 is 27.7 Å². The van der Waals surface area contributed by atoms with Gasteiger partial charge in [-0.1, -0.05) is 22.0 Å². The van der Waals surface area contributed by atoms with Gasteiger partial charge in [0.25, 0.3) is 0 Å². The average molecular weight is 333 g/mol. The molecule has 4 nitrogen and oxygen atoms in total. The molecule has 1 aliphatic heterocycles. The molecular formula is C15H17BrN4. The summed E-state index contributed by atoms with van der Waals surface area (Å²) in [7, 11) is 0. The highest BCUT2D eigenvalue weighted by molar-refractivity contribution is 9.10. The van der Waals surface area contributed by atoms with Crippen LogP contribution in [0.15, 0.2) is 34.9 Å². The van der Waals surface area contributed by atoms with E-state index in [4.69, 9.17) is 0 Å². The molecule has 0 radical (unpaired) electrons. The van der Waals surface area contributed by atoms with Gasteiger partial charge >= 0.3 is 0 Å². The van der Waals surface area contributed by atoms with Gasteiger partial charge in [-0.2, -0.15) is 4.98 Å². The number of benzene rings is 1. The molecule has 0 unspecified atom stereocenters. The van der Waals surface area contributed by atoms with Gasteiger partial charge in [0, 0.05) is 30.3 Å². The minimum atomic E-state index is 0.699. The molecule has 0 bridgehead atoms. The third kappa shape index (κ3) is 2.77. The maximum absolute atomic E-state index is 4.57. The van der Waals surface area contributed by atoms with E-state index in [2.05, 4.69) is 54.3 Å². The van der Waals surface area contributed by atoms with Crippen molar-refractivity contribution in [2.24, 2.45) is 0 Å². The lowest BCUT2D eigenvalue weighted by Gasteiger charge is -2.30. The van der Waals surface area contributed by atoms with Crippen LogP contribution in [-0.4, -0.2) is 23.1 Å². The van der Waals surface area contributed by atoms with Crippen LogP contribution in [0.2, 0.25) is 0 Å². The number of nitrogens with zero attached hydrogens (tertiary/aromatic N) is 3. The number of nitrogens with one attached hydrogen (secondary N) is 1. The molecule has 0 amide bonds. The standard InChI is InChI=1S/C15H17BrN4/c1-2-17-15-18-7-5-14(19-15)20-8-6-11-3-4-13(16)9-12(11)10-20/h3-5,7,9H,2,6,8,10H2,1H3,(H,17,18,19). The second-order valence-electron chi connectivity index (χ2n) is 4.85. The quantitative estimate of drug-likeness (QED) is 0.936. The molecule has 0 aliphatic carbocycles. The lowest BCUT2D eigenvalue weighted by molar-refractivity contribution is 0.719. The zero-order valence-corrected chi connectivity index (χ0v) is 13.0. The topological polar surface area (TPSA) is 41.1 Å². The molecular weight excluding hydrogens is 316 g/mol. The van der Waals surface area contributed by atoms with E-state index in [0.29, 0.717) is 5.95 Å². The van der Waals surface area contributed by atoms with Gasteiger partial charge in [0.1, 0.15) is 5.82 Å². The number of aromatic nitrogens is 2. The Bertz CT molecular complexity index is 615. The van der Waals surface area contributed by atoms with Gasteiger partial charge in [0.2, 0.25) is 5.95 Å². The van der Waals surface area contributed by atoms with Crippen molar-refractivity contribution in [3.05, 3.63) is 46.1 Å². The van der Waals surface area contributed by atoms with E-state index in [1.54, 1.807) is 0 Å². The lowest BCUT2D eigenvalue weighted by atomic mass is 10.00. The summed E-state index contributed by atoms with van der Waals surface area (Å²) in [6.45, 7) is 4.78. The normalized spacial score (nSPS) is 14.0. The molecule has 20 heavy (non-hydrogen) atoms. The maximum Gasteiger partial charge on any atom is 0.224 e. The smallest absolute Gasteiger partial charge is 0.224 e. The van der Waals surface area contributed by atoms with Crippen molar-refractivity contribution in [3.63, 3.8) is 0 Å². The Hall–Kier alpha value is -1.62. The summed E-state index contributed by atoms with van der Waals surface area (Å²) >= 11 is 3.54. The van der Waals surface area contributed by atoms with E-state index in [1.165, 1.54) is 11.1 Å². The first-order chi connectivity index (χ1) is 9.76. The Morgan fingerprint density at radius 3 is 3.05 bits per heavy atom. The first-order valence-corrected chi connectivity index (χ1v) is 7.64. The van der Waals surface area contributed by atoms with Crippen LogP contribution in [-0.2, 0) is 13.0 Å². The highest BCUT2D eigenvalue weighted by Crippen LogP contribution is 2.25. The number of hydrogen-bond donors (Lipinski definition) is 1. The molecule has 0 saturated carbocycles. The van der Waals surface area contributed by atoms with E-state index < -0.39 is 0 Å². The van der Waals surface area contributed by atoms with Gasteiger partial charge in [-0.15, -0.1) is 0 Å². The molecule has 0 spiro atoms. The Morgan fingerprint density at radius 1 is 1.30 bits per heavy atom. The van der Waals surface area contributed by atoms with E-state index in [-0.39, 0.29) is 0 Å². The fourth-order valence-corrected chi connectivity index (χ4v) is 2.90. The zero-order chi connectivity index (χ0) is 13.9. The van der Waals surface area contributed by atoms with Crippen LogP contribution in [0.3, 0.4) is 0 Å². The minimum Gasteiger partial charge on any atom is -0.354 e. The molecule has 1 aliphatic rings. The van der Waals surface area contributed by atoms with Gasteiger partial charge in [-0.25, -0.2) is 4.98 Å². The molecule has 104 valence electrons. The summed E-state index contributed by atoms with van der Waals surface area (Å²) in [6, 6.07) is 8.50. The molecule has 2 aromatic rings. The van der Waals surface area contributed by atoms with Crippen molar-refractivity contribution in [1.29, 1.82) is 0 Å². The van der Waals surface area contributed by atoms with Crippen LogP contribution in [0, 0.1) is 0 Å². The van der Waals surface area contributed by atoms with Crippen LogP contribution in [0.4, 0.5) is 11.8 Å². The first-order valence-electron chi connectivity index (χ1n) is 6.85. The molecule has 1 aromatic carbocycles. The van der Waals surface area contributed by atoms with Gasteiger partial charge in [-0.05, 0) is 42.7 Å². The Kier molecular flexibility index (Phi) is 3.87. The van der Waals surface area contributed by atoms with Gasteiger partial charge in [0.15, 0.2) is 0 Å². The Morgan fingerprint density at radius 2 is 2.20 bits per heavy atom. The summed E-state index contributed by atoms with van der Waals surface area (Å²) in [6.07, 6.45) is 2.87. The summed E-state index contributed by atoms with van der Waals surface area (Å²) < 4.78 is 1.13. The van der Waals surface area contributed by atoms with Crippen molar-refractivity contribution in [2.75, 3.05) is 23.3 Å². The first kappa shape index (κ1) is 13.4. The number of halogens is 1. The molecule has 5 heteroatoms. The molecule has 3 rings (SSSR count). The number of hydrogen-bond acceptors (Lipinski definition) is 4. The minimum absolute atomic E-state index is 0.699. The molecule has 2 heterocycles. The summed E-state index contributed by atoms with van der Waals surface area (Å²) in [5, 5.41) is 3.16. The number of rotatable bonds is 3. The summed E-state index contributed by atoms with van der Waals surface area (Å²) in [4.78, 5) is 11.1. The van der Waals surface area contributed by atoms with Crippen molar-refractivity contribution in [1.82, 2.24) is 9.97 Å². The monoisotopic (exact) mass is 332 g/mol. The second-order valence-corrected chi connectivity index (χ2v) is 5.77. The Balaban J connectivity index is 1.84. The van der Waals surface area contributed by atoms with Crippen LogP contribution < -0.4 is 10.2 Å². The molecule has 1 aromatic heterocycles. The van der Waals surface area contributed by atoms with Crippen LogP contribution >= 0.6 is 15.9 Å². The van der Waals surface area contributed by atoms with Crippen molar-refractivity contribution < 1.29 is 0 Å². The van der Waals surface area contributed by atoms with Gasteiger partial charge in [0.05, 0.1) is 0 Å². The summed E-state index contributed by atoms with van der Waals surface area (Å²) in [5.74, 6) is 1.69.